The van der Waals surface area contributed by atoms with E-state index in [1.54, 1.807) is 11.8 Å². The fourth-order valence-corrected chi connectivity index (χ4v) is 6.87. The van der Waals surface area contributed by atoms with Crippen LogP contribution in [0.1, 0.15) is 86.5 Å². The second-order valence-electron chi connectivity index (χ2n) is 12.8. The highest BCUT2D eigenvalue weighted by Crippen LogP contribution is 2.40. The van der Waals surface area contributed by atoms with E-state index in [1.807, 2.05) is 78.9 Å². The number of carbonyl (C=O) groups excluding carboxylic acids is 2. The molecule has 4 aromatic rings. The van der Waals surface area contributed by atoms with Crippen LogP contribution in [0.15, 0.2) is 102 Å². The molecule has 1 aliphatic heterocycles. The van der Waals surface area contributed by atoms with Crippen molar-refractivity contribution in [1.29, 1.82) is 0 Å². The lowest BCUT2D eigenvalue weighted by molar-refractivity contribution is -0.245. The molecular weight excluding hydrogens is 665 g/mol. The lowest BCUT2D eigenvalue weighted by Gasteiger charge is -2.36. The van der Waals surface area contributed by atoms with Crippen LogP contribution in [0.5, 0.6) is 0 Å². The summed E-state index contributed by atoms with van der Waals surface area (Å²) in [5, 5.41) is 24.1. The van der Waals surface area contributed by atoms with E-state index in [9.17, 15) is 19.5 Å². The molecule has 1 saturated heterocycles. The van der Waals surface area contributed by atoms with Gasteiger partial charge in [-0.3, -0.25) is 14.4 Å². The third kappa shape index (κ3) is 12.1. The normalized spacial score (nSPS) is 17.1. The van der Waals surface area contributed by atoms with Crippen molar-refractivity contribution in [3.8, 4) is 11.1 Å². The van der Waals surface area contributed by atoms with Gasteiger partial charge in [-0.05, 0) is 71.0 Å². The summed E-state index contributed by atoms with van der Waals surface area (Å²) < 4.78 is 13.1. The van der Waals surface area contributed by atoms with Crippen molar-refractivity contribution in [2.24, 2.45) is 0 Å². The minimum absolute atomic E-state index is 0.00491. The summed E-state index contributed by atoms with van der Waals surface area (Å²) in [6.45, 7) is 1.92. The number of ether oxygens (including phenoxy) is 2. The summed E-state index contributed by atoms with van der Waals surface area (Å²) in [5.74, 6) is -0.166. The second-order valence-corrected chi connectivity index (χ2v) is 13.9. The van der Waals surface area contributed by atoms with Gasteiger partial charge in [0, 0.05) is 54.6 Å². The number of aliphatic hydroxyl groups is 1. The molecule has 0 bridgehead atoms. The van der Waals surface area contributed by atoms with Crippen LogP contribution in [0.2, 0.25) is 0 Å². The number of unbranched alkanes of at least 4 members (excludes halogenated alkanes) is 3. The smallest absolute Gasteiger partial charge is 0.303 e. The van der Waals surface area contributed by atoms with Crippen molar-refractivity contribution in [3.63, 3.8) is 0 Å². The maximum atomic E-state index is 12.4. The Labute approximate surface area is 303 Å². The third-order valence-corrected chi connectivity index (χ3v) is 9.85. The van der Waals surface area contributed by atoms with E-state index in [4.69, 9.17) is 14.6 Å². The standard InChI is InChI=1S/C41H46N2O7S/c1-28(45)43-35-19-21-37(22-20-35)51-27-36-24-38(32-13-11-29(26-44)12-14-32)50-41(49-36)33-17-15-31(16-18-33)34-8-6-7-30(23-34)25-42-39(46)9-4-2-3-5-10-40(47)48/h6-8,11-23,36,38,41,44H,2-5,9-10,24-27H2,1H3,(H,42,46)(H,43,45)(H,47,48)/t36-,38+,41+/m0/s1. The molecule has 0 aromatic heterocycles. The molecule has 0 saturated carbocycles. The fourth-order valence-electron chi connectivity index (χ4n) is 5.95. The molecule has 5 rings (SSSR count). The maximum Gasteiger partial charge on any atom is 0.303 e. The highest BCUT2D eigenvalue weighted by atomic mass is 32.2. The summed E-state index contributed by atoms with van der Waals surface area (Å²) in [6.07, 6.45) is 3.50. The molecular formula is C41H46N2O7S. The number of carboxylic acids is 1. The van der Waals surface area contributed by atoms with Gasteiger partial charge in [0.25, 0.3) is 0 Å². The highest BCUT2D eigenvalue weighted by molar-refractivity contribution is 7.99. The highest BCUT2D eigenvalue weighted by Gasteiger charge is 2.32. The Hall–Kier alpha value is -4.48. The second kappa shape index (κ2) is 19.2. The Balaban J connectivity index is 1.20. The first kappa shape index (κ1) is 37.8. The van der Waals surface area contributed by atoms with Crippen LogP contribution in [-0.4, -0.2) is 39.9 Å². The van der Waals surface area contributed by atoms with Gasteiger partial charge in [0.2, 0.25) is 11.8 Å². The van der Waals surface area contributed by atoms with Gasteiger partial charge in [0.15, 0.2) is 6.29 Å². The monoisotopic (exact) mass is 710 g/mol. The molecule has 4 aromatic carbocycles. The summed E-state index contributed by atoms with van der Waals surface area (Å²) in [6, 6.07) is 31.9. The predicted molar refractivity (Wildman–Crippen MR) is 199 cm³/mol. The van der Waals surface area contributed by atoms with Crippen LogP contribution in [0.25, 0.3) is 11.1 Å². The molecule has 0 aliphatic carbocycles. The lowest BCUT2D eigenvalue weighted by Crippen LogP contribution is -2.31. The van der Waals surface area contributed by atoms with Gasteiger partial charge in [0.05, 0.1) is 18.8 Å². The first-order valence-electron chi connectivity index (χ1n) is 17.4. The topological polar surface area (TPSA) is 134 Å². The van der Waals surface area contributed by atoms with Gasteiger partial charge in [-0.15, -0.1) is 11.8 Å². The van der Waals surface area contributed by atoms with Gasteiger partial charge in [-0.2, -0.15) is 0 Å². The lowest BCUT2D eigenvalue weighted by atomic mass is 9.99. The molecule has 3 atom stereocenters. The van der Waals surface area contributed by atoms with Crippen LogP contribution in [0.4, 0.5) is 5.69 Å². The number of hydrogen-bond donors (Lipinski definition) is 4. The van der Waals surface area contributed by atoms with E-state index < -0.39 is 12.3 Å². The zero-order chi connectivity index (χ0) is 36.0. The molecule has 9 nitrogen and oxygen atoms in total. The number of amides is 2. The number of benzene rings is 4. The molecule has 268 valence electrons. The minimum Gasteiger partial charge on any atom is -0.481 e. The summed E-state index contributed by atoms with van der Waals surface area (Å²) in [4.78, 5) is 35.5. The van der Waals surface area contributed by atoms with E-state index in [1.165, 1.54) is 6.92 Å². The number of aliphatic carboxylic acids is 1. The molecule has 2 amide bonds. The molecule has 0 radical (unpaired) electrons. The molecule has 1 aliphatic rings. The predicted octanol–water partition coefficient (Wildman–Crippen LogP) is 8.18. The number of anilines is 1. The van der Waals surface area contributed by atoms with Crippen LogP contribution in [0.3, 0.4) is 0 Å². The van der Waals surface area contributed by atoms with Crippen molar-refractivity contribution in [2.45, 2.75) is 88.4 Å². The SMILES string of the molecule is CC(=O)Nc1ccc(SC[C@@H]2C[C@H](c3ccc(CO)cc3)O[C@H](c3ccc(-c4cccc(CNC(=O)CCCCCCC(=O)O)c4)cc3)O2)cc1. The number of aliphatic hydroxyl groups excluding tert-OH is 1. The van der Waals surface area contributed by atoms with Gasteiger partial charge >= 0.3 is 5.97 Å². The van der Waals surface area contributed by atoms with Crippen LogP contribution >= 0.6 is 11.8 Å². The molecule has 51 heavy (non-hydrogen) atoms. The van der Waals surface area contributed by atoms with Crippen LogP contribution in [0, 0.1) is 0 Å². The molecule has 1 heterocycles. The van der Waals surface area contributed by atoms with Crippen LogP contribution < -0.4 is 10.6 Å². The van der Waals surface area contributed by atoms with Gasteiger partial charge in [-0.1, -0.05) is 79.6 Å². The average Bonchev–Trinajstić information content (AvgIpc) is 3.15. The number of hydrogen-bond acceptors (Lipinski definition) is 7. The Morgan fingerprint density at radius 1 is 0.784 bits per heavy atom. The van der Waals surface area contributed by atoms with Crippen LogP contribution in [-0.2, 0) is 37.0 Å². The number of rotatable bonds is 17. The summed E-state index contributed by atoms with van der Waals surface area (Å²) in [7, 11) is 0. The van der Waals surface area contributed by atoms with Crippen molar-refractivity contribution >= 4 is 35.2 Å². The average molecular weight is 711 g/mol. The largest absolute Gasteiger partial charge is 0.481 e. The first-order valence-corrected chi connectivity index (χ1v) is 18.4. The number of carboxylic acid groups (broad SMARTS) is 1. The maximum absolute atomic E-state index is 12.4. The van der Waals surface area contributed by atoms with E-state index >= 15 is 0 Å². The van der Waals surface area contributed by atoms with Gasteiger partial charge < -0.3 is 30.3 Å². The van der Waals surface area contributed by atoms with E-state index in [0.29, 0.717) is 25.8 Å². The zero-order valence-electron chi connectivity index (χ0n) is 28.9. The van der Waals surface area contributed by atoms with Gasteiger partial charge in [0.1, 0.15) is 0 Å². The Morgan fingerprint density at radius 2 is 1.49 bits per heavy atom. The number of thioether (sulfide) groups is 1. The molecule has 0 spiro atoms. The van der Waals surface area contributed by atoms with E-state index in [0.717, 1.165) is 69.0 Å². The Kier molecular flexibility index (Phi) is 14.2. The number of carbonyl (C=O) groups is 3. The van der Waals surface area contributed by atoms with Crippen molar-refractivity contribution in [3.05, 3.63) is 119 Å². The quantitative estimate of drug-likeness (QED) is 0.0637. The number of nitrogens with one attached hydrogen (secondary N) is 2. The fraction of sp³-hybridized carbons (Fsp3) is 0.341. The Morgan fingerprint density at radius 3 is 2.18 bits per heavy atom. The molecule has 1 fully saturated rings. The summed E-state index contributed by atoms with van der Waals surface area (Å²) in [5.41, 5.74) is 6.64. The van der Waals surface area contributed by atoms with E-state index in [-0.39, 0.29) is 37.0 Å². The molecule has 4 N–H and O–H groups in total. The molecule has 10 heteroatoms. The summed E-state index contributed by atoms with van der Waals surface area (Å²) >= 11 is 1.70. The minimum atomic E-state index is -0.779. The molecule has 0 unspecified atom stereocenters. The van der Waals surface area contributed by atoms with E-state index in [2.05, 4.69) is 28.8 Å². The van der Waals surface area contributed by atoms with Crippen molar-refractivity contribution in [1.82, 2.24) is 5.32 Å². The first-order chi connectivity index (χ1) is 24.7. The van der Waals surface area contributed by atoms with Crippen molar-refractivity contribution in [2.75, 3.05) is 11.1 Å². The third-order valence-electron chi connectivity index (χ3n) is 8.70. The Bertz CT molecular complexity index is 1730. The van der Waals surface area contributed by atoms with Gasteiger partial charge in [-0.25, -0.2) is 0 Å². The van der Waals surface area contributed by atoms with Crippen molar-refractivity contribution < 1.29 is 34.1 Å². The zero-order valence-corrected chi connectivity index (χ0v) is 29.7.